The van der Waals surface area contributed by atoms with E-state index in [1.165, 1.54) is 28.7 Å². The molecule has 0 bridgehead atoms. The summed E-state index contributed by atoms with van der Waals surface area (Å²) in [6, 6.07) is 26.0. The quantitative estimate of drug-likeness (QED) is 0.288. The summed E-state index contributed by atoms with van der Waals surface area (Å²) >= 11 is 0. The molecule has 0 atom stereocenters. The first-order valence-corrected chi connectivity index (χ1v) is 10.2. The first-order valence-electron chi connectivity index (χ1n) is 10.2. The molecule has 0 fully saturated rings. The maximum Gasteiger partial charge on any atom is 0.0630 e. The molecule has 0 N–H and O–H groups in total. The number of hydrogen-bond acceptors (Lipinski definition) is 1. The largest absolute Gasteiger partial charge is 0.256 e. The minimum atomic E-state index is 0.975. The van der Waals surface area contributed by atoms with E-state index < -0.39 is 0 Å². The van der Waals surface area contributed by atoms with Gasteiger partial charge in [0.15, 0.2) is 0 Å². The van der Waals surface area contributed by atoms with Crippen LogP contribution in [0, 0.1) is 0 Å². The van der Waals surface area contributed by atoms with E-state index in [1.54, 1.807) is 0 Å². The van der Waals surface area contributed by atoms with Gasteiger partial charge in [-0.15, -0.1) is 0 Å². The maximum atomic E-state index is 4.62. The van der Waals surface area contributed by atoms with Gasteiger partial charge in [0.25, 0.3) is 0 Å². The topological polar surface area (TPSA) is 12.4 Å². The molecule has 0 aliphatic carbocycles. The van der Waals surface area contributed by atoms with Crippen molar-refractivity contribution in [3.63, 3.8) is 0 Å². The minimum absolute atomic E-state index is 0.975. The number of hydrogen-bond donors (Lipinski definition) is 0. The van der Waals surface area contributed by atoms with Crippen LogP contribution in [0.3, 0.4) is 0 Å². The molecule has 142 valence electrons. The standard InChI is InChI=1S/C27H29N/c1-3-5-6-8-23-9-11-24(12-10-23)21-28-27-19-17-26(18-20-27)25-15-13-22(7-4-2)14-16-25/h3,5,9-21H,4,6-8H2,1-2H3/b5-3+,28-21?. The second kappa shape index (κ2) is 10.4. The zero-order chi connectivity index (χ0) is 19.6. The van der Waals surface area contributed by atoms with Gasteiger partial charge >= 0.3 is 0 Å². The Labute approximate surface area is 169 Å². The average molecular weight is 368 g/mol. The molecule has 0 heterocycles. The highest BCUT2D eigenvalue weighted by Gasteiger charge is 1.99. The van der Waals surface area contributed by atoms with E-state index in [4.69, 9.17) is 0 Å². The van der Waals surface area contributed by atoms with Gasteiger partial charge < -0.3 is 0 Å². The Kier molecular flexibility index (Phi) is 7.37. The second-order valence-electron chi connectivity index (χ2n) is 7.10. The summed E-state index contributed by atoms with van der Waals surface area (Å²) in [6.45, 7) is 4.28. The zero-order valence-corrected chi connectivity index (χ0v) is 16.9. The highest BCUT2D eigenvalue weighted by Crippen LogP contribution is 2.23. The molecule has 0 aromatic heterocycles. The fourth-order valence-electron chi connectivity index (χ4n) is 3.23. The first-order chi connectivity index (χ1) is 13.8. The van der Waals surface area contributed by atoms with Crippen molar-refractivity contribution in [3.05, 3.63) is 102 Å². The van der Waals surface area contributed by atoms with Crippen molar-refractivity contribution in [2.75, 3.05) is 0 Å². The van der Waals surface area contributed by atoms with Crippen molar-refractivity contribution in [1.82, 2.24) is 0 Å². The molecule has 0 spiro atoms. The van der Waals surface area contributed by atoms with Crippen LogP contribution in [0.5, 0.6) is 0 Å². The molecule has 28 heavy (non-hydrogen) atoms. The summed E-state index contributed by atoms with van der Waals surface area (Å²) in [5.74, 6) is 0. The first kappa shape index (κ1) is 19.8. The molecule has 0 saturated heterocycles. The Morgan fingerprint density at radius 1 is 0.714 bits per heavy atom. The van der Waals surface area contributed by atoms with Gasteiger partial charge in [0.05, 0.1) is 5.69 Å². The summed E-state index contributed by atoms with van der Waals surface area (Å²) in [6.07, 6.45) is 10.8. The number of aliphatic imine (C=N–C) groups is 1. The van der Waals surface area contributed by atoms with Crippen molar-refractivity contribution < 1.29 is 0 Å². The van der Waals surface area contributed by atoms with Crippen LogP contribution in [-0.2, 0) is 12.8 Å². The van der Waals surface area contributed by atoms with Crippen LogP contribution in [-0.4, -0.2) is 6.21 Å². The van der Waals surface area contributed by atoms with E-state index in [2.05, 4.69) is 104 Å². The van der Waals surface area contributed by atoms with Gasteiger partial charge in [-0.2, -0.15) is 0 Å². The van der Waals surface area contributed by atoms with Crippen LogP contribution >= 0.6 is 0 Å². The number of aryl methyl sites for hydroxylation is 2. The van der Waals surface area contributed by atoms with Crippen LogP contribution in [0.4, 0.5) is 5.69 Å². The highest BCUT2D eigenvalue weighted by molar-refractivity contribution is 5.82. The Bertz CT molecular complexity index is 898. The lowest BCUT2D eigenvalue weighted by Crippen LogP contribution is -1.86. The van der Waals surface area contributed by atoms with Crippen molar-refractivity contribution in [2.24, 2.45) is 4.99 Å². The maximum absolute atomic E-state index is 4.62. The minimum Gasteiger partial charge on any atom is -0.256 e. The molecular formula is C27H29N. The van der Waals surface area contributed by atoms with Gasteiger partial charge in [-0.25, -0.2) is 0 Å². The van der Waals surface area contributed by atoms with Gasteiger partial charge in [-0.05, 0) is 66.1 Å². The lowest BCUT2D eigenvalue weighted by molar-refractivity contribution is 0.922. The van der Waals surface area contributed by atoms with Crippen LogP contribution < -0.4 is 0 Å². The highest BCUT2D eigenvalue weighted by atomic mass is 14.7. The molecule has 0 amide bonds. The normalized spacial score (nSPS) is 11.5. The lowest BCUT2D eigenvalue weighted by Gasteiger charge is -2.04. The number of rotatable bonds is 8. The van der Waals surface area contributed by atoms with Gasteiger partial charge in [0.1, 0.15) is 0 Å². The second-order valence-corrected chi connectivity index (χ2v) is 7.10. The van der Waals surface area contributed by atoms with E-state index in [0.29, 0.717) is 0 Å². The van der Waals surface area contributed by atoms with Gasteiger partial charge in [-0.1, -0.05) is 86.2 Å². The third-order valence-corrected chi connectivity index (χ3v) is 4.87. The molecule has 0 radical (unpaired) electrons. The van der Waals surface area contributed by atoms with E-state index in [1.807, 2.05) is 6.21 Å². The number of benzene rings is 3. The van der Waals surface area contributed by atoms with Crippen molar-refractivity contribution in [3.8, 4) is 11.1 Å². The Morgan fingerprint density at radius 3 is 1.89 bits per heavy atom. The summed E-state index contributed by atoms with van der Waals surface area (Å²) < 4.78 is 0. The summed E-state index contributed by atoms with van der Waals surface area (Å²) in [4.78, 5) is 4.62. The predicted molar refractivity (Wildman–Crippen MR) is 123 cm³/mol. The van der Waals surface area contributed by atoms with Gasteiger partial charge in [0, 0.05) is 6.21 Å². The molecule has 0 aliphatic rings. The van der Waals surface area contributed by atoms with Crippen molar-refractivity contribution >= 4 is 11.9 Å². The molecule has 1 nitrogen and oxygen atoms in total. The molecule has 0 saturated carbocycles. The van der Waals surface area contributed by atoms with Crippen LogP contribution in [0.1, 0.15) is 43.4 Å². The molecule has 1 heteroatoms. The van der Waals surface area contributed by atoms with Crippen LogP contribution in [0.15, 0.2) is 89.9 Å². The van der Waals surface area contributed by atoms with E-state index in [9.17, 15) is 0 Å². The Hall–Kier alpha value is -2.93. The van der Waals surface area contributed by atoms with E-state index >= 15 is 0 Å². The predicted octanol–water partition coefficient (Wildman–Crippen LogP) is 7.57. The van der Waals surface area contributed by atoms with Crippen molar-refractivity contribution in [2.45, 2.75) is 39.5 Å². The molecule has 0 unspecified atom stereocenters. The zero-order valence-electron chi connectivity index (χ0n) is 16.9. The van der Waals surface area contributed by atoms with Crippen LogP contribution in [0.2, 0.25) is 0 Å². The molecule has 3 aromatic carbocycles. The Balaban J connectivity index is 1.61. The van der Waals surface area contributed by atoms with Gasteiger partial charge in [-0.3, -0.25) is 4.99 Å². The average Bonchev–Trinajstić information content (AvgIpc) is 2.75. The lowest BCUT2D eigenvalue weighted by atomic mass is 10.0. The SMILES string of the molecule is C/C=C/CCc1ccc(C=Nc2ccc(-c3ccc(CCC)cc3)cc2)cc1. The summed E-state index contributed by atoms with van der Waals surface area (Å²) in [7, 11) is 0. The summed E-state index contributed by atoms with van der Waals surface area (Å²) in [5.41, 5.74) is 7.36. The Morgan fingerprint density at radius 2 is 1.29 bits per heavy atom. The van der Waals surface area contributed by atoms with Crippen LogP contribution in [0.25, 0.3) is 11.1 Å². The third-order valence-electron chi connectivity index (χ3n) is 4.87. The fraction of sp³-hybridized carbons (Fsp3) is 0.222. The molecule has 3 aromatic rings. The number of allylic oxidation sites excluding steroid dienone is 2. The van der Waals surface area contributed by atoms with E-state index in [0.717, 1.165) is 30.5 Å². The summed E-state index contributed by atoms with van der Waals surface area (Å²) in [5, 5.41) is 0. The number of nitrogens with zero attached hydrogens (tertiary/aromatic N) is 1. The monoisotopic (exact) mass is 367 g/mol. The van der Waals surface area contributed by atoms with E-state index in [-0.39, 0.29) is 0 Å². The van der Waals surface area contributed by atoms with Gasteiger partial charge in [0.2, 0.25) is 0 Å². The smallest absolute Gasteiger partial charge is 0.0630 e. The van der Waals surface area contributed by atoms with Crippen molar-refractivity contribution in [1.29, 1.82) is 0 Å². The fourth-order valence-corrected chi connectivity index (χ4v) is 3.23. The third kappa shape index (κ3) is 5.79. The molecule has 0 aliphatic heterocycles. The molecular weight excluding hydrogens is 338 g/mol. The molecule has 3 rings (SSSR count).